The third-order valence-corrected chi connectivity index (χ3v) is 4.99. The van der Waals surface area contributed by atoms with E-state index in [1.165, 1.54) is 6.20 Å². The quantitative estimate of drug-likeness (QED) is 0.578. The largest absolute Gasteiger partial charge is 0.790 e. The van der Waals surface area contributed by atoms with Crippen molar-refractivity contribution in [2.45, 2.75) is 0 Å². The van der Waals surface area contributed by atoms with E-state index in [2.05, 4.69) is 4.98 Å². The van der Waals surface area contributed by atoms with Gasteiger partial charge in [0.25, 0.3) is 0 Å². The molecule has 1 aromatic heterocycles. The van der Waals surface area contributed by atoms with Crippen LogP contribution in [0, 0.1) is 0 Å². The molecule has 0 saturated carbocycles. The van der Waals surface area contributed by atoms with E-state index in [4.69, 9.17) is 5.73 Å². The Hall–Kier alpha value is -2.36. The lowest BCUT2D eigenvalue weighted by Crippen LogP contribution is -2.31. The molecular formula is C15H13N3O2P-. The maximum Gasteiger partial charge on any atom is 0.163 e. The summed E-state index contributed by atoms with van der Waals surface area (Å²) in [6.07, 6.45) is 3.09. The molecule has 0 bridgehead atoms. The third-order valence-electron chi connectivity index (χ3n) is 3.15. The molecule has 6 heteroatoms. The fourth-order valence-electron chi connectivity index (χ4n) is 2.09. The number of nitrogens with zero attached hydrogens (tertiary/aromatic N) is 2. The van der Waals surface area contributed by atoms with Gasteiger partial charge in [-0.05, 0) is 24.3 Å². The fraction of sp³-hybridized carbons (Fsp3) is 0. The Morgan fingerprint density at radius 1 is 1.05 bits per heavy atom. The molecule has 1 heterocycles. The molecule has 21 heavy (non-hydrogen) atoms. The molecule has 2 aromatic carbocycles. The third kappa shape index (κ3) is 2.49. The van der Waals surface area contributed by atoms with Crippen LogP contribution in [0.1, 0.15) is 0 Å². The Labute approximate surface area is 122 Å². The molecule has 0 aliphatic carbocycles. The molecule has 0 amide bonds. The summed E-state index contributed by atoms with van der Waals surface area (Å²) < 4.78 is 14.2. The van der Waals surface area contributed by atoms with Crippen LogP contribution in [-0.4, -0.2) is 9.55 Å². The van der Waals surface area contributed by atoms with Crippen LogP contribution in [-0.2, 0) is 4.57 Å². The SMILES string of the molecule is Nc1ccc(-n2ccnc2P(=O)([O-])c2ccccc2)cc1. The van der Waals surface area contributed by atoms with E-state index in [9.17, 15) is 9.46 Å². The smallest absolute Gasteiger partial charge is 0.163 e. The van der Waals surface area contributed by atoms with Crippen molar-refractivity contribution in [3.05, 3.63) is 67.0 Å². The summed E-state index contributed by atoms with van der Waals surface area (Å²) in [4.78, 5) is 16.7. The summed E-state index contributed by atoms with van der Waals surface area (Å²) in [5.74, 6) is 0. The molecule has 0 radical (unpaired) electrons. The fourth-order valence-corrected chi connectivity index (χ4v) is 3.57. The normalized spacial score (nSPS) is 13.8. The van der Waals surface area contributed by atoms with Crippen LogP contribution >= 0.6 is 7.37 Å². The minimum absolute atomic E-state index is 0.0125. The van der Waals surface area contributed by atoms with Crippen LogP contribution in [0.5, 0.6) is 0 Å². The van der Waals surface area contributed by atoms with Crippen molar-refractivity contribution in [2.75, 3.05) is 5.73 Å². The van der Waals surface area contributed by atoms with Gasteiger partial charge in [-0.2, -0.15) is 0 Å². The number of anilines is 1. The van der Waals surface area contributed by atoms with Gasteiger partial charge in [0, 0.05) is 29.1 Å². The molecule has 0 saturated heterocycles. The van der Waals surface area contributed by atoms with E-state index in [0.29, 0.717) is 11.4 Å². The van der Waals surface area contributed by atoms with Gasteiger partial charge in [0.1, 0.15) is 7.37 Å². The molecule has 0 fully saturated rings. The lowest BCUT2D eigenvalue weighted by atomic mass is 10.3. The topological polar surface area (TPSA) is 84.0 Å². The number of benzene rings is 2. The Morgan fingerprint density at radius 2 is 1.71 bits per heavy atom. The maximum absolute atomic E-state index is 12.7. The van der Waals surface area contributed by atoms with Gasteiger partial charge in [0.2, 0.25) is 0 Å². The average Bonchev–Trinajstić information content (AvgIpc) is 2.99. The van der Waals surface area contributed by atoms with Gasteiger partial charge in [-0.1, -0.05) is 30.3 Å². The highest BCUT2D eigenvalue weighted by molar-refractivity contribution is 7.71. The van der Waals surface area contributed by atoms with Crippen LogP contribution in [0.15, 0.2) is 67.0 Å². The summed E-state index contributed by atoms with van der Waals surface area (Å²) >= 11 is 0. The molecule has 1 atom stereocenters. The Morgan fingerprint density at radius 3 is 2.38 bits per heavy atom. The average molecular weight is 298 g/mol. The van der Waals surface area contributed by atoms with E-state index in [-0.39, 0.29) is 10.9 Å². The summed E-state index contributed by atoms with van der Waals surface area (Å²) in [5.41, 5.74) is 6.98. The van der Waals surface area contributed by atoms with E-state index < -0.39 is 7.37 Å². The van der Waals surface area contributed by atoms with Crippen molar-refractivity contribution in [3.63, 3.8) is 0 Å². The molecule has 0 spiro atoms. The standard InChI is InChI=1S/C15H14N3O2P/c16-12-6-8-13(9-7-12)18-11-10-17-15(18)21(19,20)14-4-2-1-3-5-14/h1-11H,16H2,(H,19,20)/p-1. The van der Waals surface area contributed by atoms with Crippen LogP contribution in [0.25, 0.3) is 5.69 Å². The van der Waals surface area contributed by atoms with Gasteiger partial charge in [0.05, 0.1) is 0 Å². The maximum atomic E-state index is 12.7. The van der Waals surface area contributed by atoms with Gasteiger partial charge < -0.3 is 15.2 Å². The highest BCUT2D eigenvalue weighted by atomic mass is 31.2. The monoisotopic (exact) mass is 298 g/mol. The number of hydrogen-bond acceptors (Lipinski definition) is 4. The minimum Gasteiger partial charge on any atom is -0.790 e. The van der Waals surface area contributed by atoms with Gasteiger partial charge in [0.15, 0.2) is 5.57 Å². The lowest BCUT2D eigenvalue weighted by Gasteiger charge is -2.24. The number of aromatic nitrogens is 2. The van der Waals surface area contributed by atoms with Gasteiger partial charge in [-0.15, -0.1) is 0 Å². The Bertz CT molecular complexity index is 797. The molecular weight excluding hydrogens is 285 g/mol. The molecule has 3 aromatic rings. The van der Waals surface area contributed by atoms with Crippen molar-refractivity contribution >= 4 is 23.9 Å². The molecule has 0 aliphatic rings. The second kappa shape index (κ2) is 5.20. The van der Waals surface area contributed by atoms with Crippen LogP contribution in [0.2, 0.25) is 0 Å². The zero-order valence-electron chi connectivity index (χ0n) is 11.1. The van der Waals surface area contributed by atoms with E-state index in [0.717, 1.165) is 0 Å². The van der Waals surface area contributed by atoms with Crippen LogP contribution in [0.4, 0.5) is 5.69 Å². The summed E-state index contributed by atoms with van der Waals surface area (Å²) in [6.45, 7) is 0. The van der Waals surface area contributed by atoms with Crippen molar-refractivity contribution in [3.8, 4) is 5.69 Å². The zero-order chi connectivity index (χ0) is 14.9. The predicted molar refractivity (Wildman–Crippen MR) is 81.3 cm³/mol. The van der Waals surface area contributed by atoms with E-state index in [1.807, 2.05) is 0 Å². The first-order chi connectivity index (χ1) is 10.1. The second-order valence-corrected chi connectivity index (χ2v) is 6.60. The number of rotatable bonds is 3. The Balaban J connectivity index is 2.11. The highest BCUT2D eigenvalue weighted by Crippen LogP contribution is 2.33. The van der Waals surface area contributed by atoms with Crippen molar-refractivity contribution in [1.29, 1.82) is 0 Å². The van der Waals surface area contributed by atoms with Crippen molar-refractivity contribution < 1.29 is 9.46 Å². The minimum atomic E-state index is -3.99. The molecule has 2 N–H and O–H groups in total. The molecule has 0 aliphatic heterocycles. The first-order valence-corrected chi connectivity index (χ1v) is 7.98. The number of nitrogens with two attached hydrogens (primary N) is 1. The first kappa shape index (κ1) is 13.6. The van der Waals surface area contributed by atoms with E-state index >= 15 is 0 Å². The van der Waals surface area contributed by atoms with Crippen LogP contribution < -0.4 is 21.5 Å². The Kier molecular flexibility index (Phi) is 3.37. The van der Waals surface area contributed by atoms with Crippen molar-refractivity contribution in [1.82, 2.24) is 9.55 Å². The molecule has 5 nitrogen and oxygen atoms in total. The lowest BCUT2D eigenvalue weighted by molar-refractivity contribution is -0.167. The summed E-state index contributed by atoms with van der Waals surface area (Å²) in [5, 5.41) is 0.243. The van der Waals surface area contributed by atoms with Gasteiger partial charge >= 0.3 is 0 Å². The van der Waals surface area contributed by atoms with Crippen molar-refractivity contribution in [2.24, 2.45) is 0 Å². The summed E-state index contributed by atoms with van der Waals surface area (Å²) in [7, 11) is -3.99. The van der Waals surface area contributed by atoms with E-state index in [1.54, 1.807) is 65.4 Å². The van der Waals surface area contributed by atoms with Gasteiger partial charge in [-0.25, -0.2) is 4.98 Å². The second-order valence-electron chi connectivity index (χ2n) is 4.58. The molecule has 3 rings (SSSR count). The molecule has 106 valence electrons. The molecule has 1 unspecified atom stereocenters. The predicted octanol–water partition coefficient (Wildman–Crippen LogP) is 1.04. The van der Waals surface area contributed by atoms with Crippen LogP contribution in [0.3, 0.4) is 0 Å². The number of imidazole rings is 1. The number of nitrogen functional groups attached to an aromatic ring is 1. The number of hydrogen-bond donors (Lipinski definition) is 1. The summed E-state index contributed by atoms with van der Waals surface area (Å²) in [6, 6.07) is 15.2. The zero-order valence-corrected chi connectivity index (χ0v) is 12.0. The van der Waals surface area contributed by atoms with Gasteiger partial charge in [-0.3, -0.25) is 4.57 Å². The highest BCUT2D eigenvalue weighted by Gasteiger charge is 2.20. The first-order valence-electron chi connectivity index (χ1n) is 6.35.